The Morgan fingerprint density at radius 2 is 1.68 bits per heavy atom. The lowest BCUT2D eigenvalue weighted by Crippen LogP contribution is -1.98. The fourth-order valence-electron chi connectivity index (χ4n) is 2.52. The Morgan fingerprint density at radius 3 is 2.32 bits per heavy atom. The molecule has 0 N–H and O–H groups in total. The fourth-order valence-corrected chi connectivity index (χ4v) is 3.00. The van der Waals surface area contributed by atoms with Gasteiger partial charge in [-0.1, -0.05) is 29.3 Å². The largest absolute Gasteiger partial charge is 0.772 e. The van der Waals surface area contributed by atoms with E-state index < -0.39 is 34.3 Å². The van der Waals surface area contributed by atoms with Gasteiger partial charge in [-0.15, -0.1) is 0 Å². The lowest BCUT2D eigenvalue weighted by atomic mass is 9.98. The summed E-state index contributed by atoms with van der Waals surface area (Å²) in [5.74, 6) is -2.59. The Hall–Kier alpha value is -2.51. The number of halogens is 3. The average molecular weight is 362 g/mol. The molecular formula is C18H11F3NO2S-. The summed E-state index contributed by atoms with van der Waals surface area (Å²) in [5.41, 5.74) is 1.44. The SMILES string of the molecule is O=S([O-])Cc1ccc(-c2ncccc2-c2cc(F)cc(F)c2)cc1F. The molecule has 1 unspecified atom stereocenters. The molecule has 0 spiro atoms. The molecule has 0 bridgehead atoms. The summed E-state index contributed by atoms with van der Waals surface area (Å²) in [5, 5.41) is 0. The Morgan fingerprint density at radius 1 is 0.960 bits per heavy atom. The first-order chi connectivity index (χ1) is 11.9. The van der Waals surface area contributed by atoms with E-state index in [1.165, 1.54) is 18.3 Å². The van der Waals surface area contributed by atoms with E-state index in [4.69, 9.17) is 0 Å². The van der Waals surface area contributed by atoms with E-state index in [-0.39, 0.29) is 11.1 Å². The minimum absolute atomic E-state index is 0.0337. The van der Waals surface area contributed by atoms with Crippen LogP contribution in [0.5, 0.6) is 0 Å². The second kappa shape index (κ2) is 7.16. The number of hydrogen-bond acceptors (Lipinski definition) is 3. The summed E-state index contributed by atoms with van der Waals surface area (Å²) in [6, 6.07) is 10.3. The molecule has 0 amide bonds. The van der Waals surface area contributed by atoms with Gasteiger partial charge in [-0.05, 0) is 35.4 Å². The smallest absolute Gasteiger partial charge is 0.127 e. The van der Waals surface area contributed by atoms with E-state index in [2.05, 4.69) is 4.98 Å². The van der Waals surface area contributed by atoms with Crippen LogP contribution in [0, 0.1) is 17.5 Å². The van der Waals surface area contributed by atoms with Crippen LogP contribution in [-0.2, 0) is 16.8 Å². The maximum absolute atomic E-state index is 14.1. The molecule has 0 fully saturated rings. The van der Waals surface area contributed by atoms with Gasteiger partial charge in [0.1, 0.15) is 17.5 Å². The first-order valence-corrected chi connectivity index (χ1v) is 8.44. The molecule has 128 valence electrons. The molecule has 0 saturated heterocycles. The number of nitrogens with zero attached hydrogens (tertiary/aromatic N) is 1. The van der Waals surface area contributed by atoms with Crippen molar-refractivity contribution in [2.75, 3.05) is 0 Å². The number of pyridine rings is 1. The van der Waals surface area contributed by atoms with Gasteiger partial charge in [0, 0.05) is 29.1 Å². The Balaban J connectivity index is 2.10. The highest BCUT2D eigenvalue weighted by Crippen LogP contribution is 2.32. The van der Waals surface area contributed by atoms with Crippen molar-refractivity contribution in [1.29, 1.82) is 0 Å². The standard InChI is InChI=1S/C18H12F3NO2S/c19-14-6-13(7-15(20)9-14)16-2-1-5-22-18(16)11-3-4-12(10-25(23)24)17(21)8-11/h1-9H,10H2,(H,23,24)/p-1. The summed E-state index contributed by atoms with van der Waals surface area (Å²) in [4.78, 5) is 4.18. The lowest BCUT2D eigenvalue weighted by molar-refractivity contribution is 0.533. The highest BCUT2D eigenvalue weighted by atomic mass is 32.2. The van der Waals surface area contributed by atoms with E-state index in [9.17, 15) is 21.9 Å². The minimum atomic E-state index is -2.41. The highest BCUT2D eigenvalue weighted by Gasteiger charge is 2.13. The maximum atomic E-state index is 14.1. The van der Waals surface area contributed by atoms with Crippen LogP contribution in [0.3, 0.4) is 0 Å². The van der Waals surface area contributed by atoms with Crippen molar-refractivity contribution >= 4 is 11.1 Å². The van der Waals surface area contributed by atoms with E-state index >= 15 is 0 Å². The van der Waals surface area contributed by atoms with E-state index in [0.29, 0.717) is 16.8 Å². The third-order valence-corrected chi connectivity index (χ3v) is 4.13. The van der Waals surface area contributed by atoms with Gasteiger partial charge in [-0.3, -0.25) is 9.19 Å². The van der Waals surface area contributed by atoms with Gasteiger partial charge < -0.3 is 4.55 Å². The van der Waals surface area contributed by atoms with E-state index in [1.807, 2.05) is 0 Å². The highest BCUT2D eigenvalue weighted by molar-refractivity contribution is 7.78. The van der Waals surface area contributed by atoms with Gasteiger partial charge in [0.05, 0.1) is 5.69 Å². The summed E-state index contributed by atoms with van der Waals surface area (Å²) < 4.78 is 62.6. The zero-order valence-electron chi connectivity index (χ0n) is 12.7. The van der Waals surface area contributed by atoms with Crippen LogP contribution in [0.2, 0.25) is 0 Å². The summed E-state index contributed by atoms with van der Waals surface area (Å²) >= 11 is -2.41. The van der Waals surface area contributed by atoms with Gasteiger partial charge in [-0.25, -0.2) is 13.2 Å². The van der Waals surface area contributed by atoms with Crippen molar-refractivity contribution in [2.45, 2.75) is 5.75 Å². The molecule has 0 aliphatic rings. The van der Waals surface area contributed by atoms with Crippen LogP contribution in [-0.4, -0.2) is 13.7 Å². The number of rotatable bonds is 4. The van der Waals surface area contributed by atoms with Crippen LogP contribution in [0.1, 0.15) is 5.56 Å². The van der Waals surface area contributed by atoms with Crippen molar-refractivity contribution in [1.82, 2.24) is 4.98 Å². The van der Waals surface area contributed by atoms with Crippen LogP contribution in [0.4, 0.5) is 13.2 Å². The molecule has 1 aromatic heterocycles. The maximum Gasteiger partial charge on any atom is 0.127 e. The molecule has 3 nitrogen and oxygen atoms in total. The van der Waals surface area contributed by atoms with Crippen molar-refractivity contribution in [3.63, 3.8) is 0 Å². The van der Waals surface area contributed by atoms with Gasteiger partial charge in [0.2, 0.25) is 0 Å². The third-order valence-electron chi connectivity index (χ3n) is 3.58. The first kappa shape index (κ1) is 17.3. The Labute approximate surface area is 144 Å². The fraction of sp³-hybridized carbons (Fsp3) is 0.0556. The van der Waals surface area contributed by atoms with Gasteiger partial charge in [0.15, 0.2) is 0 Å². The van der Waals surface area contributed by atoms with Gasteiger partial charge in [-0.2, -0.15) is 0 Å². The molecule has 3 rings (SSSR count). The zero-order chi connectivity index (χ0) is 18.0. The third kappa shape index (κ3) is 3.94. The van der Waals surface area contributed by atoms with Crippen LogP contribution >= 0.6 is 0 Å². The molecule has 2 aromatic carbocycles. The minimum Gasteiger partial charge on any atom is -0.772 e. The number of benzene rings is 2. The monoisotopic (exact) mass is 362 g/mol. The van der Waals surface area contributed by atoms with Gasteiger partial charge >= 0.3 is 0 Å². The topological polar surface area (TPSA) is 53.0 Å². The summed E-state index contributed by atoms with van der Waals surface area (Å²) in [7, 11) is 0. The molecule has 25 heavy (non-hydrogen) atoms. The molecule has 1 atom stereocenters. The zero-order valence-corrected chi connectivity index (χ0v) is 13.5. The summed E-state index contributed by atoms with van der Waals surface area (Å²) in [6.45, 7) is 0. The molecule has 0 aliphatic carbocycles. The molecular weight excluding hydrogens is 351 g/mol. The Kier molecular flexibility index (Phi) is 4.96. The molecule has 1 heterocycles. The second-order valence-corrected chi connectivity index (χ2v) is 6.21. The molecule has 0 saturated carbocycles. The predicted octanol–water partition coefficient (Wildman–Crippen LogP) is 4.21. The van der Waals surface area contributed by atoms with Crippen LogP contribution in [0.25, 0.3) is 22.4 Å². The van der Waals surface area contributed by atoms with Crippen molar-refractivity contribution in [3.05, 3.63) is 77.7 Å². The molecule has 0 radical (unpaired) electrons. The quantitative estimate of drug-likeness (QED) is 0.653. The summed E-state index contributed by atoms with van der Waals surface area (Å²) in [6.07, 6.45) is 1.48. The lowest BCUT2D eigenvalue weighted by Gasteiger charge is -2.11. The molecule has 7 heteroatoms. The Bertz CT molecular complexity index is 943. The normalized spacial score (nSPS) is 12.2. The predicted molar refractivity (Wildman–Crippen MR) is 87.6 cm³/mol. The van der Waals surface area contributed by atoms with Crippen LogP contribution < -0.4 is 0 Å². The molecule has 3 aromatic rings. The number of aromatic nitrogens is 1. The number of hydrogen-bond donors (Lipinski definition) is 0. The average Bonchev–Trinajstić information content (AvgIpc) is 2.55. The van der Waals surface area contributed by atoms with E-state index in [1.54, 1.807) is 12.1 Å². The van der Waals surface area contributed by atoms with Crippen molar-refractivity contribution in [3.8, 4) is 22.4 Å². The van der Waals surface area contributed by atoms with Crippen molar-refractivity contribution in [2.24, 2.45) is 0 Å². The second-order valence-electron chi connectivity index (χ2n) is 5.31. The van der Waals surface area contributed by atoms with Crippen molar-refractivity contribution < 1.29 is 21.9 Å². The van der Waals surface area contributed by atoms with Gasteiger partial charge in [0.25, 0.3) is 0 Å². The van der Waals surface area contributed by atoms with Crippen LogP contribution in [0.15, 0.2) is 54.7 Å². The molecule has 0 aliphatic heterocycles. The van der Waals surface area contributed by atoms with E-state index in [0.717, 1.165) is 24.3 Å². The first-order valence-electron chi connectivity index (χ1n) is 7.20.